The van der Waals surface area contributed by atoms with E-state index < -0.39 is 12.0 Å². The molecule has 0 aromatic heterocycles. The van der Waals surface area contributed by atoms with Crippen molar-refractivity contribution in [2.75, 3.05) is 0 Å². The number of carbonyl (C=O) groups excluding carboxylic acids is 1. The van der Waals surface area contributed by atoms with Crippen LogP contribution in [0.2, 0.25) is 0 Å². The minimum atomic E-state index is -0.972. The minimum Gasteiger partial charge on any atom is -0.480 e. The molecule has 2 N–H and O–H groups in total. The van der Waals surface area contributed by atoms with Crippen molar-refractivity contribution in [3.8, 4) is 0 Å². The number of amides is 1. The Bertz CT molecular complexity index is 311. The fourth-order valence-electron chi connectivity index (χ4n) is 1.97. The summed E-state index contributed by atoms with van der Waals surface area (Å²) < 4.78 is 0. The quantitative estimate of drug-likeness (QED) is 0.450. The lowest BCUT2D eigenvalue weighted by atomic mass is 10.0. The number of carbonyl (C=O) groups is 2. The molecule has 0 heterocycles. The average molecular weight is 283 g/mol. The Morgan fingerprint density at radius 1 is 1.15 bits per heavy atom. The maximum atomic E-state index is 11.6. The van der Waals surface area contributed by atoms with Gasteiger partial charge in [-0.2, -0.15) is 0 Å². The summed E-state index contributed by atoms with van der Waals surface area (Å²) in [4.78, 5) is 22.6. The summed E-state index contributed by atoms with van der Waals surface area (Å²) in [5.41, 5.74) is 0. The maximum absolute atomic E-state index is 11.6. The van der Waals surface area contributed by atoms with E-state index >= 15 is 0 Å². The van der Waals surface area contributed by atoms with Crippen LogP contribution >= 0.6 is 0 Å². The number of carboxylic acids is 1. The first kappa shape index (κ1) is 18.7. The molecule has 0 rings (SSSR count). The van der Waals surface area contributed by atoms with Gasteiger partial charge in [0, 0.05) is 0 Å². The lowest BCUT2D eigenvalue weighted by molar-refractivity contribution is -0.141. The number of unbranched alkanes of at least 4 members (excludes halogenated alkanes) is 5. The van der Waals surface area contributed by atoms with Crippen LogP contribution in [0.1, 0.15) is 65.7 Å². The molecule has 20 heavy (non-hydrogen) atoms. The van der Waals surface area contributed by atoms with Crippen molar-refractivity contribution >= 4 is 11.9 Å². The van der Waals surface area contributed by atoms with Crippen LogP contribution in [-0.2, 0) is 9.59 Å². The Labute approximate surface area is 122 Å². The normalized spacial score (nSPS) is 12.8. The summed E-state index contributed by atoms with van der Waals surface area (Å²) in [6, 6.07) is -0.795. The standard InChI is InChI=1S/C16H29NO3/c1-4-5-6-7-8-9-10-11-15(18)17-14(16(19)20)12-13(2)3/h10-11,13-14H,4-9,12H2,1-3H3,(H,17,18)(H,19,20)/b11-10+/t14-/m0/s1. The third-order valence-corrected chi connectivity index (χ3v) is 3.07. The van der Waals surface area contributed by atoms with E-state index in [0.717, 1.165) is 12.8 Å². The molecule has 0 aromatic rings. The van der Waals surface area contributed by atoms with Crippen molar-refractivity contribution < 1.29 is 14.7 Å². The lowest BCUT2D eigenvalue weighted by Crippen LogP contribution is -2.40. The van der Waals surface area contributed by atoms with Gasteiger partial charge in [0.1, 0.15) is 6.04 Å². The summed E-state index contributed by atoms with van der Waals surface area (Å²) in [6.07, 6.45) is 10.6. The second kappa shape index (κ2) is 11.5. The second-order valence-electron chi connectivity index (χ2n) is 5.63. The van der Waals surface area contributed by atoms with Crippen molar-refractivity contribution in [2.45, 2.75) is 71.8 Å². The van der Waals surface area contributed by atoms with Crippen LogP contribution in [0.4, 0.5) is 0 Å². The molecule has 0 saturated carbocycles. The summed E-state index contributed by atoms with van der Waals surface area (Å²) in [5, 5.41) is 11.6. The molecule has 0 fully saturated rings. The Morgan fingerprint density at radius 2 is 1.80 bits per heavy atom. The molecule has 4 nitrogen and oxygen atoms in total. The Morgan fingerprint density at radius 3 is 2.35 bits per heavy atom. The molecular weight excluding hydrogens is 254 g/mol. The number of aliphatic carboxylic acids is 1. The highest BCUT2D eigenvalue weighted by atomic mass is 16.4. The molecule has 0 aliphatic heterocycles. The molecule has 0 bridgehead atoms. The first-order chi connectivity index (χ1) is 9.47. The van der Waals surface area contributed by atoms with Gasteiger partial charge in [0.25, 0.3) is 0 Å². The van der Waals surface area contributed by atoms with Gasteiger partial charge in [0.15, 0.2) is 0 Å². The number of nitrogens with one attached hydrogen (secondary N) is 1. The first-order valence-corrected chi connectivity index (χ1v) is 7.67. The Balaban J connectivity index is 3.91. The van der Waals surface area contributed by atoms with E-state index in [4.69, 9.17) is 5.11 Å². The van der Waals surface area contributed by atoms with E-state index in [2.05, 4.69) is 12.2 Å². The van der Waals surface area contributed by atoms with Crippen molar-refractivity contribution in [3.63, 3.8) is 0 Å². The average Bonchev–Trinajstić information content (AvgIpc) is 2.36. The largest absolute Gasteiger partial charge is 0.480 e. The maximum Gasteiger partial charge on any atom is 0.326 e. The van der Waals surface area contributed by atoms with Gasteiger partial charge in [-0.25, -0.2) is 4.79 Å². The molecule has 0 radical (unpaired) electrons. The molecule has 0 spiro atoms. The topological polar surface area (TPSA) is 66.4 Å². The Hall–Kier alpha value is -1.32. The molecule has 0 aliphatic rings. The van der Waals surface area contributed by atoms with Crippen LogP contribution in [0.25, 0.3) is 0 Å². The van der Waals surface area contributed by atoms with Crippen molar-refractivity contribution in [1.82, 2.24) is 5.32 Å². The highest BCUT2D eigenvalue weighted by molar-refractivity contribution is 5.91. The van der Waals surface area contributed by atoms with E-state index in [1.54, 1.807) is 0 Å². The van der Waals surface area contributed by atoms with E-state index in [-0.39, 0.29) is 11.8 Å². The van der Waals surface area contributed by atoms with Crippen LogP contribution in [0.5, 0.6) is 0 Å². The molecular formula is C16H29NO3. The smallest absolute Gasteiger partial charge is 0.326 e. The van der Waals surface area contributed by atoms with Gasteiger partial charge in [-0.05, 0) is 31.3 Å². The molecule has 116 valence electrons. The monoisotopic (exact) mass is 283 g/mol. The summed E-state index contributed by atoms with van der Waals surface area (Å²) in [5.74, 6) is -1.05. The number of allylic oxidation sites excluding steroid dienone is 1. The predicted octanol–water partition coefficient (Wildman–Crippen LogP) is 3.52. The first-order valence-electron chi connectivity index (χ1n) is 7.67. The van der Waals surface area contributed by atoms with Crippen molar-refractivity contribution in [1.29, 1.82) is 0 Å². The van der Waals surface area contributed by atoms with Gasteiger partial charge in [0.2, 0.25) is 5.91 Å². The van der Waals surface area contributed by atoms with Gasteiger partial charge in [-0.3, -0.25) is 4.79 Å². The van der Waals surface area contributed by atoms with Crippen LogP contribution in [0.3, 0.4) is 0 Å². The molecule has 1 atom stereocenters. The third kappa shape index (κ3) is 10.6. The van der Waals surface area contributed by atoms with Crippen LogP contribution in [-0.4, -0.2) is 23.0 Å². The minimum absolute atomic E-state index is 0.235. The van der Waals surface area contributed by atoms with Gasteiger partial charge in [0.05, 0.1) is 0 Å². The number of carboxylic acid groups (broad SMARTS) is 1. The molecule has 0 saturated heterocycles. The predicted molar refractivity (Wildman–Crippen MR) is 81.5 cm³/mol. The van der Waals surface area contributed by atoms with Gasteiger partial charge < -0.3 is 10.4 Å². The summed E-state index contributed by atoms with van der Waals surface area (Å²) in [6.45, 7) is 6.06. The van der Waals surface area contributed by atoms with Crippen LogP contribution in [0, 0.1) is 5.92 Å². The molecule has 4 heteroatoms. The van der Waals surface area contributed by atoms with E-state index in [1.165, 1.54) is 31.8 Å². The number of hydrogen-bond acceptors (Lipinski definition) is 2. The van der Waals surface area contributed by atoms with Crippen molar-refractivity contribution in [2.24, 2.45) is 5.92 Å². The molecule has 0 aromatic carbocycles. The van der Waals surface area contributed by atoms with Crippen LogP contribution in [0.15, 0.2) is 12.2 Å². The van der Waals surface area contributed by atoms with Gasteiger partial charge in [-0.15, -0.1) is 0 Å². The fourth-order valence-corrected chi connectivity index (χ4v) is 1.97. The third-order valence-electron chi connectivity index (χ3n) is 3.07. The zero-order chi connectivity index (χ0) is 15.4. The molecule has 0 unspecified atom stereocenters. The van der Waals surface area contributed by atoms with E-state index in [1.807, 2.05) is 19.9 Å². The van der Waals surface area contributed by atoms with Gasteiger partial charge in [-0.1, -0.05) is 52.5 Å². The lowest BCUT2D eigenvalue weighted by Gasteiger charge is -2.15. The molecule has 0 aliphatic carbocycles. The van der Waals surface area contributed by atoms with Crippen LogP contribution < -0.4 is 5.32 Å². The number of rotatable bonds is 11. The van der Waals surface area contributed by atoms with E-state index in [9.17, 15) is 9.59 Å². The second-order valence-corrected chi connectivity index (χ2v) is 5.63. The zero-order valence-electron chi connectivity index (χ0n) is 13.0. The highest BCUT2D eigenvalue weighted by Crippen LogP contribution is 2.06. The van der Waals surface area contributed by atoms with E-state index in [0.29, 0.717) is 6.42 Å². The highest BCUT2D eigenvalue weighted by Gasteiger charge is 2.19. The fraction of sp³-hybridized carbons (Fsp3) is 0.750. The summed E-state index contributed by atoms with van der Waals surface area (Å²) >= 11 is 0. The summed E-state index contributed by atoms with van der Waals surface area (Å²) in [7, 11) is 0. The zero-order valence-corrected chi connectivity index (χ0v) is 13.0. The molecule has 1 amide bonds. The number of hydrogen-bond donors (Lipinski definition) is 2. The Kier molecular flexibility index (Phi) is 10.7. The van der Waals surface area contributed by atoms with Crippen molar-refractivity contribution in [3.05, 3.63) is 12.2 Å². The van der Waals surface area contributed by atoms with Gasteiger partial charge >= 0.3 is 5.97 Å². The SMILES string of the molecule is CCCCCCC/C=C/C(=O)N[C@@H](CC(C)C)C(=O)O.